The largest absolute Gasteiger partial charge is 0.481 e. The van der Waals surface area contributed by atoms with Crippen LogP contribution in [0.2, 0.25) is 0 Å². The van der Waals surface area contributed by atoms with Crippen LogP contribution in [0.4, 0.5) is 13.2 Å². The molecule has 0 aliphatic carbocycles. The standard InChI is InChI=1S/C18H18F3N3O3/c1-10-5-4-6-14(11(10)2)27-12(3)16(25)23-24-17(26)13-7-8-15(22-9-13)18(19,20)21/h4-9,12H,1-3H3,(H,23,25)(H,24,26). The number of hydrogen-bond donors (Lipinski definition) is 2. The summed E-state index contributed by atoms with van der Waals surface area (Å²) in [6.07, 6.45) is -4.72. The zero-order chi connectivity index (χ0) is 20.2. The van der Waals surface area contributed by atoms with Gasteiger partial charge < -0.3 is 4.74 Å². The number of hydrazine groups is 1. The van der Waals surface area contributed by atoms with Crippen LogP contribution >= 0.6 is 0 Å². The van der Waals surface area contributed by atoms with Crippen LogP contribution in [0.15, 0.2) is 36.5 Å². The quantitative estimate of drug-likeness (QED) is 0.798. The highest BCUT2D eigenvalue weighted by Crippen LogP contribution is 2.27. The van der Waals surface area contributed by atoms with Crippen LogP contribution in [0, 0.1) is 13.8 Å². The van der Waals surface area contributed by atoms with Crippen LogP contribution in [0.1, 0.15) is 34.1 Å². The number of amides is 2. The molecule has 9 heteroatoms. The second-order valence-electron chi connectivity index (χ2n) is 5.83. The van der Waals surface area contributed by atoms with Crippen molar-refractivity contribution < 1.29 is 27.5 Å². The number of ether oxygens (including phenoxy) is 1. The summed E-state index contributed by atoms with van der Waals surface area (Å²) in [7, 11) is 0. The van der Waals surface area contributed by atoms with Crippen molar-refractivity contribution in [3.8, 4) is 5.75 Å². The van der Waals surface area contributed by atoms with Crippen molar-refractivity contribution >= 4 is 11.8 Å². The highest BCUT2D eigenvalue weighted by molar-refractivity contribution is 5.95. The molecule has 1 aromatic heterocycles. The average molecular weight is 381 g/mol. The summed E-state index contributed by atoms with van der Waals surface area (Å²) in [6, 6.07) is 7.07. The lowest BCUT2D eigenvalue weighted by molar-refractivity contribution is -0.141. The lowest BCUT2D eigenvalue weighted by atomic mass is 10.1. The first-order chi connectivity index (χ1) is 12.6. The Morgan fingerprint density at radius 2 is 1.81 bits per heavy atom. The van der Waals surface area contributed by atoms with Crippen LogP contribution < -0.4 is 15.6 Å². The van der Waals surface area contributed by atoms with Gasteiger partial charge in [-0.2, -0.15) is 13.2 Å². The first-order valence-corrected chi connectivity index (χ1v) is 7.96. The van der Waals surface area contributed by atoms with E-state index in [9.17, 15) is 22.8 Å². The summed E-state index contributed by atoms with van der Waals surface area (Å²) in [4.78, 5) is 27.1. The Bertz CT molecular complexity index is 836. The van der Waals surface area contributed by atoms with Gasteiger partial charge in [0.2, 0.25) is 0 Å². The molecule has 1 unspecified atom stereocenters. The van der Waals surface area contributed by atoms with Gasteiger partial charge in [0.25, 0.3) is 11.8 Å². The Morgan fingerprint density at radius 3 is 2.41 bits per heavy atom. The van der Waals surface area contributed by atoms with E-state index in [0.29, 0.717) is 11.8 Å². The van der Waals surface area contributed by atoms with E-state index in [2.05, 4.69) is 15.8 Å². The number of aromatic nitrogens is 1. The predicted molar refractivity (Wildman–Crippen MR) is 90.9 cm³/mol. The van der Waals surface area contributed by atoms with Crippen molar-refractivity contribution in [1.82, 2.24) is 15.8 Å². The van der Waals surface area contributed by atoms with Gasteiger partial charge in [0.05, 0.1) is 5.56 Å². The Labute approximate surface area is 153 Å². The van der Waals surface area contributed by atoms with Crippen molar-refractivity contribution in [3.05, 3.63) is 58.9 Å². The van der Waals surface area contributed by atoms with E-state index >= 15 is 0 Å². The molecule has 0 spiro atoms. The van der Waals surface area contributed by atoms with Gasteiger partial charge in [-0.15, -0.1) is 0 Å². The minimum Gasteiger partial charge on any atom is -0.481 e. The number of alkyl halides is 3. The zero-order valence-corrected chi connectivity index (χ0v) is 14.8. The van der Waals surface area contributed by atoms with E-state index in [1.54, 1.807) is 12.1 Å². The van der Waals surface area contributed by atoms with Gasteiger partial charge in [-0.1, -0.05) is 12.1 Å². The number of benzene rings is 1. The molecule has 1 heterocycles. The highest BCUT2D eigenvalue weighted by Gasteiger charge is 2.32. The molecule has 6 nitrogen and oxygen atoms in total. The summed E-state index contributed by atoms with van der Waals surface area (Å²) in [5, 5.41) is 0. The fraction of sp³-hybridized carbons (Fsp3) is 0.278. The number of hydrogen-bond acceptors (Lipinski definition) is 4. The number of pyridine rings is 1. The molecule has 0 saturated carbocycles. The maximum absolute atomic E-state index is 12.5. The first-order valence-electron chi connectivity index (χ1n) is 7.96. The number of carbonyl (C=O) groups is 2. The topological polar surface area (TPSA) is 80.3 Å². The second kappa shape index (κ2) is 8.07. The molecule has 2 aromatic rings. The lowest BCUT2D eigenvalue weighted by Crippen LogP contribution is -2.47. The minimum atomic E-state index is -4.59. The van der Waals surface area contributed by atoms with Gasteiger partial charge in [0.15, 0.2) is 6.10 Å². The molecule has 0 fully saturated rings. The minimum absolute atomic E-state index is 0.133. The molecule has 2 rings (SSSR count). The third-order valence-electron chi connectivity index (χ3n) is 3.84. The monoisotopic (exact) mass is 381 g/mol. The number of nitrogens with zero attached hydrogens (tertiary/aromatic N) is 1. The molecule has 0 saturated heterocycles. The average Bonchev–Trinajstić information content (AvgIpc) is 2.62. The van der Waals surface area contributed by atoms with Crippen molar-refractivity contribution in [2.75, 3.05) is 0 Å². The fourth-order valence-electron chi connectivity index (χ4n) is 2.08. The van der Waals surface area contributed by atoms with Crippen molar-refractivity contribution in [3.63, 3.8) is 0 Å². The molecule has 27 heavy (non-hydrogen) atoms. The molecule has 2 amide bonds. The predicted octanol–water partition coefficient (Wildman–Crippen LogP) is 2.95. The van der Waals surface area contributed by atoms with Crippen LogP contribution in [-0.4, -0.2) is 22.9 Å². The number of carbonyl (C=O) groups excluding carboxylic acids is 2. The number of nitrogens with one attached hydrogen (secondary N) is 2. The zero-order valence-electron chi connectivity index (χ0n) is 14.8. The normalized spacial score (nSPS) is 12.2. The van der Waals surface area contributed by atoms with E-state index in [1.165, 1.54) is 6.92 Å². The van der Waals surface area contributed by atoms with Crippen molar-refractivity contribution in [2.24, 2.45) is 0 Å². The van der Waals surface area contributed by atoms with Gasteiger partial charge in [-0.05, 0) is 50.1 Å². The number of rotatable bonds is 4. The highest BCUT2D eigenvalue weighted by atomic mass is 19.4. The molecular weight excluding hydrogens is 363 g/mol. The number of halogens is 3. The maximum Gasteiger partial charge on any atom is 0.433 e. The molecule has 0 bridgehead atoms. The van der Waals surface area contributed by atoms with E-state index in [1.807, 2.05) is 19.9 Å². The van der Waals surface area contributed by atoms with Crippen molar-refractivity contribution in [2.45, 2.75) is 33.1 Å². The van der Waals surface area contributed by atoms with Crippen LogP contribution in [0.25, 0.3) is 0 Å². The van der Waals surface area contributed by atoms with E-state index in [4.69, 9.17) is 4.74 Å². The summed E-state index contributed by atoms with van der Waals surface area (Å²) in [5.41, 5.74) is 4.92. The third kappa shape index (κ3) is 5.19. The Morgan fingerprint density at radius 1 is 1.11 bits per heavy atom. The van der Waals surface area contributed by atoms with Gasteiger partial charge in [0, 0.05) is 6.20 Å². The van der Waals surface area contributed by atoms with Gasteiger partial charge in [-0.3, -0.25) is 25.4 Å². The van der Waals surface area contributed by atoms with E-state index < -0.39 is 29.8 Å². The molecular formula is C18H18F3N3O3. The molecule has 1 atom stereocenters. The number of aryl methyl sites for hydroxylation is 1. The van der Waals surface area contributed by atoms with Crippen LogP contribution in [0.3, 0.4) is 0 Å². The van der Waals surface area contributed by atoms with Crippen molar-refractivity contribution in [1.29, 1.82) is 0 Å². The Balaban J connectivity index is 1.92. The smallest absolute Gasteiger partial charge is 0.433 e. The molecule has 0 aliphatic rings. The summed E-state index contributed by atoms with van der Waals surface area (Å²) in [6.45, 7) is 5.27. The van der Waals surface area contributed by atoms with Gasteiger partial charge in [-0.25, -0.2) is 0 Å². The summed E-state index contributed by atoms with van der Waals surface area (Å²) in [5.74, 6) is -0.886. The molecule has 2 N–H and O–H groups in total. The van der Waals surface area contributed by atoms with Crippen LogP contribution in [-0.2, 0) is 11.0 Å². The lowest BCUT2D eigenvalue weighted by Gasteiger charge is -2.17. The third-order valence-corrected chi connectivity index (χ3v) is 3.84. The van der Waals surface area contributed by atoms with Crippen LogP contribution in [0.5, 0.6) is 5.75 Å². The molecule has 0 radical (unpaired) electrons. The Hall–Kier alpha value is -3.10. The van der Waals surface area contributed by atoms with Gasteiger partial charge >= 0.3 is 6.18 Å². The summed E-state index contributed by atoms with van der Waals surface area (Å²) >= 11 is 0. The SMILES string of the molecule is Cc1cccc(OC(C)C(=O)NNC(=O)c2ccc(C(F)(F)F)nc2)c1C. The first kappa shape index (κ1) is 20.2. The van der Waals surface area contributed by atoms with Gasteiger partial charge in [0.1, 0.15) is 11.4 Å². The van der Waals surface area contributed by atoms with E-state index in [-0.39, 0.29) is 5.56 Å². The molecule has 0 aliphatic heterocycles. The Kier molecular flexibility index (Phi) is 6.04. The second-order valence-corrected chi connectivity index (χ2v) is 5.83. The maximum atomic E-state index is 12.5. The van der Waals surface area contributed by atoms with E-state index in [0.717, 1.165) is 23.4 Å². The molecule has 1 aromatic carbocycles. The summed E-state index contributed by atoms with van der Waals surface area (Å²) < 4.78 is 43.0. The fourth-order valence-corrected chi connectivity index (χ4v) is 2.08. The molecule has 144 valence electrons.